The van der Waals surface area contributed by atoms with E-state index in [2.05, 4.69) is 4.74 Å². The highest BCUT2D eigenvalue weighted by molar-refractivity contribution is 7.23. The van der Waals surface area contributed by atoms with Crippen molar-refractivity contribution in [3.05, 3.63) is 53.9 Å². The van der Waals surface area contributed by atoms with Crippen molar-refractivity contribution in [3.8, 4) is 25.9 Å². The standard InChI is InChI=1S/C15H9F3OS2/c16-15(17,18)19-11-5-3-10(4-6-11)12-7-8-14(21-12)13-2-1-9-20-13/h1-9H. The van der Waals surface area contributed by atoms with Crippen LogP contribution in [-0.2, 0) is 0 Å². The number of hydrogen-bond acceptors (Lipinski definition) is 3. The minimum Gasteiger partial charge on any atom is -0.406 e. The Bertz CT molecular complexity index is 712. The summed E-state index contributed by atoms with van der Waals surface area (Å²) in [5.74, 6) is -0.207. The van der Waals surface area contributed by atoms with Gasteiger partial charge in [-0.05, 0) is 53.4 Å². The Labute approximate surface area is 127 Å². The molecule has 0 atom stereocenters. The molecular formula is C15H9F3OS2. The molecule has 0 amide bonds. The first-order chi connectivity index (χ1) is 10.0. The molecule has 0 saturated carbocycles. The Morgan fingerprint density at radius 1 is 0.810 bits per heavy atom. The van der Waals surface area contributed by atoms with E-state index in [0.717, 1.165) is 15.3 Å². The molecule has 2 heterocycles. The highest BCUT2D eigenvalue weighted by atomic mass is 32.1. The number of benzene rings is 1. The van der Waals surface area contributed by atoms with Crippen molar-refractivity contribution in [1.82, 2.24) is 0 Å². The van der Waals surface area contributed by atoms with E-state index in [-0.39, 0.29) is 5.75 Å². The molecule has 3 aromatic rings. The highest BCUT2D eigenvalue weighted by Gasteiger charge is 2.30. The SMILES string of the molecule is FC(F)(F)Oc1ccc(-c2ccc(-c3cccs3)s2)cc1. The van der Waals surface area contributed by atoms with Crippen LogP contribution in [0.15, 0.2) is 53.9 Å². The van der Waals surface area contributed by atoms with Crippen LogP contribution in [-0.4, -0.2) is 6.36 Å². The van der Waals surface area contributed by atoms with Gasteiger partial charge in [-0.15, -0.1) is 35.8 Å². The summed E-state index contributed by atoms with van der Waals surface area (Å²) in [5, 5.41) is 2.01. The van der Waals surface area contributed by atoms with E-state index in [1.807, 2.05) is 29.6 Å². The van der Waals surface area contributed by atoms with Crippen LogP contribution >= 0.6 is 22.7 Å². The fraction of sp³-hybridized carbons (Fsp3) is 0.0667. The van der Waals surface area contributed by atoms with Gasteiger partial charge in [-0.25, -0.2) is 0 Å². The minimum atomic E-state index is -4.66. The predicted octanol–water partition coefficient (Wildman–Crippen LogP) is 6.04. The normalized spacial score (nSPS) is 11.6. The van der Waals surface area contributed by atoms with Crippen LogP contribution in [0, 0.1) is 0 Å². The Hall–Kier alpha value is -1.79. The lowest BCUT2D eigenvalue weighted by atomic mass is 10.2. The number of ether oxygens (including phenoxy) is 1. The molecule has 0 fully saturated rings. The van der Waals surface area contributed by atoms with Crippen LogP contribution in [0.3, 0.4) is 0 Å². The van der Waals surface area contributed by atoms with E-state index < -0.39 is 6.36 Å². The Balaban J connectivity index is 1.81. The topological polar surface area (TPSA) is 9.23 Å². The quantitative estimate of drug-likeness (QED) is 0.570. The summed E-state index contributed by atoms with van der Waals surface area (Å²) < 4.78 is 40.2. The molecule has 0 unspecified atom stereocenters. The van der Waals surface area contributed by atoms with Crippen molar-refractivity contribution in [2.24, 2.45) is 0 Å². The maximum Gasteiger partial charge on any atom is 0.573 e. The van der Waals surface area contributed by atoms with Gasteiger partial charge in [0.2, 0.25) is 0 Å². The van der Waals surface area contributed by atoms with Gasteiger partial charge in [0.05, 0.1) is 0 Å². The number of alkyl halides is 3. The van der Waals surface area contributed by atoms with Crippen LogP contribution in [0.1, 0.15) is 0 Å². The van der Waals surface area contributed by atoms with Gasteiger partial charge in [-0.2, -0.15) is 0 Å². The third-order valence-corrected chi connectivity index (χ3v) is 4.94. The van der Waals surface area contributed by atoms with Gasteiger partial charge in [0.1, 0.15) is 5.75 Å². The highest BCUT2D eigenvalue weighted by Crippen LogP contribution is 2.37. The molecule has 0 aliphatic rings. The van der Waals surface area contributed by atoms with Crippen LogP contribution in [0.25, 0.3) is 20.2 Å². The lowest BCUT2D eigenvalue weighted by Gasteiger charge is -2.08. The number of halogens is 3. The Morgan fingerprint density at radius 2 is 1.52 bits per heavy atom. The monoisotopic (exact) mass is 326 g/mol. The fourth-order valence-corrected chi connectivity index (χ4v) is 3.71. The largest absolute Gasteiger partial charge is 0.573 e. The fourth-order valence-electron chi connectivity index (χ4n) is 1.87. The van der Waals surface area contributed by atoms with Crippen molar-refractivity contribution < 1.29 is 17.9 Å². The maximum absolute atomic E-state index is 12.1. The summed E-state index contributed by atoms with van der Waals surface area (Å²) in [4.78, 5) is 3.34. The van der Waals surface area contributed by atoms with Gasteiger partial charge in [0, 0.05) is 14.6 Å². The zero-order chi connectivity index (χ0) is 14.9. The summed E-state index contributed by atoms with van der Waals surface area (Å²) in [6.45, 7) is 0. The lowest BCUT2D eigenvalue weighted by Crippen LogP contribution is -2.16. The van der Waals surface area contributed by atoms with Crippen molar-refractivity contribution in [1.29, 1.82) is 0 Å². The molecule has 2 aromatic heterocycles. The summed E-state index contributed by atoms with van der Waals surface area (Å²) in [5.41, 5.74) is 0.873. The first kappa shape index (κ1) is 14.2. The third kappa shape index (κ3) is 3.46. The van der Waals surface area contributed by atoms with E-state index in [4.69, 9.17) is 0 Å². The molecule has 1 aromatic carbocycles. The van der Waals surface area contributed by atoms with Crippen LogP contribution < -0.4 is 4.74 Å². The van der Waals surface area contributed by atoms with Crippen molar-refractivity contribution >= 4 is 22.7 Å². The zero-order valence-corrected chi connectivity index (χ0v) is 12.2. The van der Waals surface area contributed by atoms with E-state index in [0.29, 0.717) is 0 Å². The van der Waals surface area contributed by atoms with Gasteiger partial charge in [-0.3, -0.25) is 0 Å². The first-order valence-corrected chi connectivity index (χ1v) is 7.71. The predicted molar refractivity (Wildman–Crippen MR) is 79.8 cm³/mol. The second-order valence-corrected chi connectivity index (χ2v) is 6.24. The average Bonchev–Trinajstić information content (AvgIpc) is 3.09. The Kier molecular flexibility index (Phi) is 3.73. The van der Waals surface area contributed by atoms with Gasteiger partial charge in [0.25, 0.3) is 0 Å². The van der Waals surface area contributed by atoms with E-state index in [1.54, 1.807) is 34.8 Å². The van der Waals surface area contributed by atoms with Crippen LogP contribution in [0.4, 0.5) is 13.2 Å². The van der Waals surface area contributed by atoms with Crippen molar-refractivity contribution in [2.75, 3.05) is 0 Å². The number of thiophene rings is 2. The molecular weight excluding hydrogens is 317 g/mol. The lowest BCUT2D eigenvalue weighted by molar-refractivity contribution is -0.274. The van der Waals surface area contributed by atoms with Crippen molar-refractivity contribution in [3.63, 3.8) is 0 Å². The molecule has 0 spiro atoms. The summed E-state index contributed by atoms with van der Waals surface area (Å²) in [6.07, 6.45) is -4.66. The van der Waals surface area contributed by atoms with Gasteiger partial charge < -0.3 is 4.74 Å². The molecule has 6 heteroatoms. The third-order valence-electron chi connectivity index (χ3n) is 2.74. The molecule has 0 saturated heterocycles. The molecule has 0 N–H and O–H groups in total. The molecule has 0 bridgehead atoms. The molecule has 0 aliphatic heterocycles. The van der Waals surface area contributed by atoms with Gasteiger partial charge in [0.15, 0.2) is 0 Å². The molecule has 108 valence electrons. The zero-order valence-electron chi connectivity index (χ0n) is 10.6. The molecule has 0 radical (unpaired) electrons. The van der Waals surface area contributed by atoms with E-state index in [1.165, 1.54) is 17.0 Å². The van der Waals surface area contributed by atoms with Crippen molar-refractivity contribution in [2.45, 2.75) is 6.36 Å². The second-order valence-electron chi connectivity index (χ2n) is 4.21. The molecule has 1 nitrogen and oxygen atoms in total. The van der Waals surface area contributed by atoms with E-state index in [9.17, 15) is 13.2 Å². The van der Waals surface area contributed by atoms with Gasteiger partial charge >= 0.3 is 6.36 Å². The van der Waals surface area contributed by atoms with Crippen LogP contribution in [0.2, 0.25) is 0 Å². The average molecular weight is 326 g/mol. The number of hydrogen-bond donors (Lipinski definition) is 0. The summed E-state index contributed by atoms with van der Waals surface area (Å²) >= 11 is 3.27. The summed E-state index contributed by atoms with van der Waals surface area (Å²) in [7, 11) is 0. The Morgan fingerprint density at radius 3 is 2.14 bits per heavy atom. The molecule has 3 rings (SSSR count). The second kappa shape index (κ2) is 5.54. The summed E-state index contributed by atoms with van der Waals surface area (Å²) in [6, 6.07) is 13.9. The minimum absolute atomic E-state index is 0.207. The maximum atomic E-state index is 12.1. The van der Waals surface area contributed by atoms with E-state index >= 15 is 0 Å². The molecule has 21 heavy (non-hydrogen) atoms. The molecule has 0 aliphatic carbocycles. The smallest absolute Gasteiger partial charge is 0.406 e. The number of rotatable bonds is 3. The first-order valence-electron chi connectivity index (χ1n) is 6.01. The van der Waals surface area contributed by atoms with Crippen LogP contribution in [0.5, 0.6) is 5.75 Å². The van der Waals surface area contributed by atoms with Gasteiger partial charge in [-0.1, -0.05) is 6.07 Å².